The van der Waals surface area contributed by atoms with Gasteiger partial charge in [0.05, 0.1) is 23.1 Å². The van der Waals surface area contributed by atoms with Gasteiger partial charge in [-0.2, -0.15) is 0 Å². The number of amides is 2. The summed E-state index contributed by atoms with van der Waals surface area (Å²) < 4.78 is 0. The van der Waals surface area contributed by atoms with Crippen LogP contribution in [0.25, 0.3) is 0 Å². The SMILES string of the molecule is CCN(CC)C(=O)c1cccnc1.CCN(CC)C(=O)c1cccnc1.O=Cc1ccc(C(=O)[O-])cc1.O=Cc1ccc(C(=O)[O-])cc1.[Co+2].[OH3+].[OH3+]. The zero-order chi connectivity index (χ0) is 35.9. The molecule has 0 fully saturated rings. The van der Waals surface area contributed by atoms with Crippen LogP contribution in [0.4, 0.5) is 0 Å². The first-order valence-corrected chi connectivity index (χ1v) is 15.0. The fourth-order valence-corrected chi connectivity index (χ4v) is 3.76. The summed E-state index contributed by atoms with van der Waals surface area (Å²) in [5.41, 5.74) is 2.38. The molecular weight excluding hydrogens is 707 g/mol. The number of aldehydes is 2. The van der Waals surface area contributed by atoms with Crippen molar-refractivity contribution in [1.29, 1.82) is 0 Å². The zero-order valence-corrected chi connectivity index (χ0v) is 29.8. The maximum absolute atomic E-state index is 11.7. The van der Waals surface area contributed by atoms with Crippen LogP contribution in [0.15, 0.2) is 97.6 Å². The van der Waals surface area contributed by atoms with Gasteiger partial charge in [0.2, 0.25) is 0 Å². The van der Waals surface area contributed by atoms with Crippen molar-refractivity contribution < 1.29 is 66.7 Å². The van der Waals surface area contributed by atoms with Gasteiger partial charge in [0.25, 0.3) is 11.8 Å². The van der Waals surface area contributed by atoms with Gasteiger partial charge in [-0.15, -0.1) is 0 Å². The molecule has 275 valence electrons. The quantitative estimate of drug-likeness (QED) is 0.164. The van der Waals surface area contributed by atoms with Crippen molar-refractivity contribution in [1.82, 2.24) is 19.8 Å². The minimum Gasteiger partial charge on any atom is -0.545 e. The summed E-state index contributed by atoms with van der Waals surface area (Å²) in [5.74, 6) is -2.36. The molecule has 2 aromatic heterocycles. The van der Waals surface area contributed by atoms with E-state index >= 15 is 0 Å². The third-order valence-electron chi connectivity index (χ3n) is 6.48. The Hall–Kier alpha value is -5.61. The van der Waals surface area contributed by atoms with E-state index in [1.807, 2.05) is 27.7 Å². The molecule has 2 amide bonds. The van der Waals surface area contributed by atoms with Crippen molar-refractivity contribution in [2.24, 2.45) is 0 Å². The summed E-state index contributed by atoms with van der Waals surface area (Å²) in [6, 6.07) is 18.2. The van der Waals surface area contributed by atoms with Gasteiger partial charge in [-0.1, -0.05) is 48.5 Å². The topological polar surface area (TPSA) is 247 Å². The molecule has 0 saturated heterocycles. The van der Waals surface area contributed by atoms with Gasteiger partial charge in [0, 0.05) is 62.1 Å². The molecule has 0 atom stereocenters. The number of aromatic carboxylic acids is 2. The number of benzene rings is 2. The molecule has 6 N–H and O–H groups in total. The average molecular weight is 752 g/mol. The van der Waals surface area contributed by atoms with Gasteiger partial charge in [-0.05, 0) is 63.1 Å². The van der Waals surface area contributed by atoms with E-state index in [1.54, 1.807) is 58.9 Å². The predicted molar refractivity (Wildman–Crippen MR) is 185 cm³/mol. The number of hydrogen-bond donors (Lipinski definition) is 0. The van der Waals surface area contributed by atoms with Crippen molar-refractivity contribution in [3.05, 3.63) is 131 Å². The Morgan fingerprint density at radius 3 is 1.04 bits per heavy atom. The fraction of sp³-hybridized carbons (Fsp3) is 0.222. The van der Waals surface area contributed by atoms with Crippen LogP contribution in [-0.4, -0.2) is 82.3 Å². The van der Waals surface area contributed by atoms with Crippen molar-refractivity contribution >= 4 is 36.3 Å². The Balaban J connectivity index is -0.000000592. The normalized spacial score (nSPS) is 8.86. The first kappa shape index (κ1) is 49.8. The van der Waals surface area contributed by atoms with Gasteiger partial charge in [0.1, 0.15) is 12.6 Å². The monoisotopic (exact) mass is 751 g/mol. The minimum atomic E-state index is -1.23. The third-order valence-corrected chi connectivity index (χ3v) is 6.48. The largest absolute Gasteiger partial charge is 2.00 e. The van der Waals surface area contributed by atoms with E-state index in [4.69, 9.17) is 0 Å². The number of carboxylic acids is 2. The van der Waals surface area contributed by atoms with Crippen LogP contribution in [0, 0.1) is 0 Å². The van der Waals surface area contributed by atoms with Gasteiger partial charge < -0.3 is 40.6 Å². The summed E-state index contributed by atoms with van der Waals surface area (Å²) in [6.45, 7) is 10.8. The fourth-order valence-electron chi connectivity index (χ4n) is 3.76. The molecule has 0 aliphatic heterocycles. The molecule has 4 aromatic rings. The maximum Gasteiger partial charge on any atom is 2.00 e. The Morgan fingerprint density at radius 2 is 0.843 bits per heavy atom. The number of aromatic nitrogens is 2. The standard InChI is InChI=1S/2C10H14N2O.2C8H6O3.Co.2H2O/c2*1-3-12(4-2)10(13)9-6-5-7-11-8-9;2*9-5-6-1-3-7(4-2-6)8(10)11;;;/h2*5-8H,3-4H2,1-2H3;2*1-5H,(H,10,11);;2*1H2/q;;;;+2;;. The molecule has 4 rings (SSSR count). The summed E-state index contributed by atoms with van der Waals surface area (Å²) in [6.07, 6.45) is 7.83. The molecule has 0 bridgehead atoms. The molecule has 14 nitrogen and oxygen atoms in total. The molecule has 0 spiro atoms. The Morgan fingerprint density at radius 1 is 0.549 bits per heavy atom. The maximum atomic E-state index is 11.7. The smallest absolute Gasteiger partial charge is 0.545 e. The molecule has 2 aromatic carbocycles. The van der Waals surface area contributed by atoms with E-state index in [0.29, 0.717) is 34.8 Å². The van der Waals surface area contributed by atoms with Crippen LogP contribution < -0.4 is 10.2 Å². The molecule has 51 heavy (non-hydrogen) atoms. The summed E-state index contributed by atoms with van der Waals surface area (Å²) in [7, 11) is 0. The number of carboxylic acid groups (broad SMARTS) is 2. The van der Waals surface area contributed by atoms with Crippen molar-refractivity contribution in [3.8, 4) is 0 Å². The average Bonchev–Trinajstić information content (AvgIpc) is 3.14. The van der Waals surface area contributed by atoms with Gasteiger partial charge in [-0.25, -0.2) is 0 Å². The van der Waals surface area contributed by atoms with Crippen molar-refractivity contribution in [3.63, 3.8) is 0 Å². The second-order valence-electron chi connectivity index (χ2n) is 9.49. The molecule has 0 unspecified atom stereocenters. The van der Waals surface area contributed by atoms with E-state index in [-0.39, 0.29) is 50.7 Å². The van der Waals surface area contributed by atoms with Crippen LogP contribution in [0.3, 0.4) is 0 Å². The molecule has 15 heteroatoms. The molecule has 0 saturated carbocycles. The van der Waals surface area contributed by atoms with Gasteiger partial charge >= 0.3 is 16.8 Å². The predicted octanol–water partition coefficient (Wildman–Crippen LogP) is 1.01. The van der Waals surface area contributed by atoms with E-state index in [0.717, 1.165) is 26.2 Å². The third kappa shape index (κ3) is 18.1. The van der Waals surface area contributed by atoms with Gasteiger partial charge in [-0.3, -0.25) is 29.1 Å². The number of rotatable bonds is 10. The molecule has 2 heterocycles. The first-order valence-electron chi connectivity index (χ1n) is 15.0. The Bertz CT molecular complexity index is 1460. The Labute approximate surface area is 307 Å². The van der Waals surface area contributed by atoms with E-state index in [9.17, 15) is 39.0 Å². The van der Waals surface area contributed by atoms with Crippen LogP contribution in [0.1, 0.15) is 89.8 Å². The first-order chi connectivity index (χ1) is 23.1. The van der Waals surface area contributed by atoms with Crippen molar-refractivity contribution in [2.45, 2.75) is 27.7 Å². The number of pyridine rings is 2. The van der Waals surface area contributed by atoms with Gasteiger partial charge in [0.15, 0.2) is 0 Å². The number of hydrogen-bond acceptors (Lipinski definition) is 10. The van der Waals surface area contributed by atoms with Crippen LogP contribution in [-0.2, 0) is 27.7 Å². The van der Waals surface area contributed by atoms with Crippen LogP contribution in [0.5, 0.6) is 0 Å². The molecule has 0 aliphatic rings. The van der Waals surface area contributed by atoms with E-state index < -0.39 is 11.9 Å². The second-order valence-corrected chi connectivity index (χ2v) is 9.49. The number of nitrogens with zero attached hydrogens (tertiary/aromatic N) is 4. The van der Waals surface area contributed by atoms with E-state index in [1.165, 1.54) is 48.5 Å². The van der Waals surface area contributed by atoms with E-state index in [2.05, 4.69) is 9.97 Å². The molecular formula is C36H44CoN4O10+2. The number of carbonyl (C=O) groups is 6. The number of carbonyl (C=O) groups excluding carboxylic acids is 6. The molecule has 0 aliphatic carbocycles. The molecule has 1 radical (unpaired) electrons. The van der Waals surface area contributed by atoms with Crippen molar-refractivity contribution in [2.75, 3.05) is 26.2 Å². The minimum absolute atomic E-state index is 0. The van der Waals surface area contributed by atoms with Crippen LogP contribution in [0.2, 0.25) is 0 Å². The summed E-state index contributed by atoms with van der Waals surface area (Å²) in [5, 5.41) is 20.4. The Kier molecular flexibility index (Phi) is 27.6. The summed E-state index contributed by atoms with van der Waals surface area (Å²) in [4.78, 5) is 75.4. The second kappa shape index (κ2) is 28.2. The zero-order valence-electron chi connectivity index (χ0n) is 28.8. The summed E-state index contributed by atoms with van der Waals surface area (Å²) >= 11 is 0. The van der Waals surface area contributed by atoms with Crippen LogP contribution >= 0.6 is 0 Å².